The van der Waals surface area contributed by atoms with Crippen LogP contribution in [-0.2, 0) is 0 Å². The van der Waals surface area contributed by atoms with Gasteiger partial charge >= 0.3 is 0 Å². The zero-order valence-electron chi connectivity index (χ0n) is 33.4. The van der Waals surface area contributed by atoms with Gasteiger partial charge in [-0.3, -0.25) is 0 Å². The van der Waals surface area contributed by atoms with E-state index in [0.717, 1.165) is 23.5 Å². The minimum Gasteiger partial charge on any atom is -0.333 e. The van der Waals surface area contributed by atoms with Gasteiger partial charge in [0, 0.05) is 34.0 Å². The van der Waals surface area contributed by atoms with Gasteiger partial charge in [-0.1, -0.05) is 194 Å². The van der Waals surface area contributed by atoms with Crippen LogP contribution in [0.15, 0.2) is 243 Å². The molecular weight excluding hydrogens is 725 g/mol. The van der Waals surface area contributed by atoms with Crippen molar-refractivity contribution in [3.05, 3.63) is 254 Å². The fourth-order valence-corrected chi connectivity index (χ4v) is 8.62. The monoisotopic (exact) mass is 768 g/mol. The molecular formula is C58H44N2. The number of nitrogens with zero attached hydrogens (tertiary/aromatic N) is 2. The van der Waals surface area contributed by atoms with Crippen molar-refractivity contribution in [1.29, 1.82) is 0 Å². The lowest BCUT2D eigenvalue weighted by atomic mass is 9.90. The van der Waals surface area contributed by atoms with Crippen LogP contribution in [0, 0.1) is 0 Å². The molecule has 0 bridgehead atoms. The number of fused-ring (bicyclic) bond motifs is 1. The van der Waals surface area contributed by atoms with Crippen molar-refractivity contribution < 1.29 is 0 Å². The molecule has 0 radical (unpaired) electrons. The molecule has 0 aliphatic heterocycles. The molecule has 0 saturated carbocycles. The molecule has 60 heavy (non-hydrogen) atoms. The van der Waals surface area contributed by atoms with Crippen molar-refractivity contribution in [3.63, 3.8) is 0 Å². The number of para-hydroxylation sites is 2. The van der Waals surface area contributed by atoms with Crippen molar-refractivity contribution in [2.75, 3.05) is 9.80 Å². The highest BCUT2D eigenvalue weighted by molar-refractivity contribution is 5.85. The first-order valence-corrected chi connectivity index (χ1v) is 20.8. The maximum Gasteiger partial charge on any atom is 0.0632 e. The summed E-state index contributed by atoms with van der Waals surface area (Å²) in [6, 6.07) is 85.5. The highest BCUT2D eigenvalue weighted by Crippen LogP contribution is 2.45. The second kappa shape index (κ2) is 16.7. The summed E-state index contributed by atoms with van der Waals surface area (Å²) >= 11 is 0. The lowest BCUT2D eigenvalue weighted by molar-refractivity contribution is 0.702. The number of hydrogen-bond donors (Lipinski definition) is 0. The van der Waals surface area contributed by atoms with Gasteiger partial charge in [-0.15, -0.1) is 0 Å². The summed E-state index contributed by atoms with van der Waals surface area (Å²) in [5.41, 5.74) is 17.9. The number of benzene rings is 9. The molecule has 286 valence electrons. The van der Waals surface area contributed by atoms with E-state index in [-0.39, 0.29) is 6.04 Å². The predicted octanol–water partition coefficient (Wildman–Crippen LogP) is 16.1. The van der Waals surface area contributed by atoms with Gasteiger partial charge in [0.05, 0.1) is 6.04 Å². The topological polar surface area (TPSA) is 6.48 Å². The van der Waals surface area contributed by atoms with Gasteiger partial charge in [0.2, 0.25) is 0 Å². The molecule has 1 unspecified atom stereocenters. The van der Waals surface area contributed by atoms with Crippen LogP contribution in [0.2, 0.25) is 0 Å². The average Bonchev–Trinajstić information content (AvgIpc) is 3.34. The molecule has 2 nitrogen and oxygen atoms in total. The maximum atomic E-state index is 2.53. The highest BCUT2D eigenvalue weighted by Gasteiger charge is 2.27. The van der Waals surface area contributed by atoms with Crippen molar-refractivity contribution in [3.8, 4) is 44.5 Å². The molecule has 0 spiro atoms. The van der Waals surface area contributed by atoms with Crippen LogP contribution in [0.5, 0.6) is 0 Å². The average molecular weight is 769 g/mol. The summed E-state index contributed by atoms with van der Waals surface area (Å²) in [6.45, 7) is 0. The first kappa shape index (κ1) is 36.6. The van der Waals surface area contributed by atoms with Gasteiger partial charge in [-0.05, 0) is 111 Å². The van der Waals surface area contributed by atoms with E-state index in [9.17, 15) is 0 Å². The molecule has 1 atom stereocenters. The fraction of sp³-hybridized carbons (Fsp3) is 0.0345. The Hall–Kier alpha value is -7.68. The van der Waals surface area contributed by atoms with E-state index in [2.05, 4.69) is 259 Å². The molecule has 9 aromatic rings. The van der Waals surface area contributed by atoms with Crippen molar-refractivity contribution in [1.82, 2.24) is 0 Å². The predicted molar refractivity (Wildman–Crippen MR) is 254 cm³/mol. The second-order valence-corrected chi connectivity index (χ2v) is 15.3. The van der Waals surface area contributed by atoms with Gasteiger partial charge in [0.15, 0.2) is 0 Å². The van der Waals surface area contributed by atoms with Gasteiger partial charge in [-0.2, -0.15) is 0 Å². The summed E-state index contributed by atoms with van der Waals surface area (Å²) in [5, 5.41) is 0. The fourth-order valence-electron chi connectivity index (χ4n) is 8.62. The van der Waals surface area contributed by atoms with Gasteiger partial charge in [0.1, 0.15) is 0 Å². The number of hydrogen-bond acceptors (Lipinski definition) is 2. The quantitative estimate of drug-likeness (QED) is 0.137. The lowest BCUT2D eigenvalue weighted by Crippen LogP contribution is -2.26. The zero-order chi connectivity index (χ0) is 40.1. The van der Waals surface area contributed by atoms with Crippen molar-refractivity contribution in [2.24, 2.45) is 0 Å². The highest BCUT2D eigenvalue weighted by atomic mass is 15.2. The van der Waals surface area contributed by atoms with E-state index in [0.29, 0.717) is 0 Å². The minimum atomic E-state index is 0.177. The molecule has 2 heteroatoms. The molecule has 0 aromatic heterocycles. The van der Waals surface area contributed by atoms with E-state index in [1.54, 1.807) is 0 Å². The third-order valence-corrected chi connectivity index (χ3v) is 11.6. The van der Waals surface area contributed by atoms with Gasteiger partial charge < -0.3 is 9.80 Å². The Bertz CT molecular complexity index is 2760. The van der Waals surface area contributed by atoms with Crippen LogP contribution < -0.4 is 9.80 Å². The van der Waals surface area contributed by atoms with Crippen molar-refractivity contribution >= 4 is 34.5 Å². The molecule has 1 aliphatic rings. The van der Waals surface area contributed by atoms with Crippen LogP contribution in [0.25, 0.3) is 50.6 Å². The van der Waals surface area contributed by atoms with Crippen LogP contribution in [0.3, 0.4) is 0 Å². The van der Waals surface area contributed by atoms with Crippen LogP contribution in [0.1, 0.15) is 23.6 Å². The normalized spacial score (nSPS) is 13.0. The van der Waals surface area contributed by atoms with Gasteiger partial charge in [-0.25, -0.2) is 0 Å². The van der Waals surface area contributed by atoms with Crippen LogP contribution >= 0.6 is 0 Å². The summed E-state index contributed by atoms with van der Waals surface area (Å²) < 4.78 is 0. The Morgan fingerprint density at radius 2 is 0.717 bits per heavy atom. The van der Waals surface area contributed by atoms with Crippen LogP contribution in [-0.4, -0.2) is 0 Å². The molecule has 0 amide bonds. The second-order valence-electron chi connectivity index (χ2n) is 15.3. The third-order valence-electron chi connectivity index (χ3n) is 11.6. The number of anilines is 5. The number of rotatable bonds is 10. The molecule has 0 heterocycles. The lowest BCUT2D eigenvalue weighted by Gasteiger charge is -2.37. The van der Waals surface area contributed by atoms with E-state index in [1.165, 1.54) is 67.0 Å². The molecule has 9 aromatic carbocycles. The Morgan fingerprint density at radius 3 is 1.25 bits per heavy atom. The summed E-state index contributed by atoms with van der Waals surface area (Å²) in [4.78, 5) is 4.87. The Labute approximate surface area is 353 Å². The molecule has 10 rings (SSSR count). The SMILES string of the molecule is C1=Cc2ccccc2C(N(c2ccccc2)c2ccccc2-c2ccc(-c3ccc(N(c4ccc(-c5ccccc5)cc4)c4ccc(-c5ccccc5)cc4)cc3)cc2)C1. The Morgan fingerprint density at radius 1 is 0.317 bits per heavy atom. The summed E-state index contributed by atoms with van der Waals surface area (Å²) in [5.74, 6) is 0. The smallest absolute Gasteiger partial charge is 0.0632 e. The summed E-state index contributed by atoms with van der Waals surface area (Å²) in [7, 11) is 0. The molecule has 0 N–H and O–H groups in total. The van der Waals surface area contributed by atoms with E-state index in [1.807, 2.05) is 0 Å². The first-order chi connectivity index (χ1) is 29.8. The van der Waals surface area contributed by atoms with Crippen molar-refractivity contribution in [2.45, 2.75) is 12.5 Å². The third kappa shape index (κ3) is 7.43. The summed E-state index contributed by atoms with van der Waals surface area (Å²) in [6.07, 6.45) is 5.51. The largest absolute Gasteiger partial charge is 0.333 e. The Balaban J connectivity index is 0.965. The Kier molecular flexibility index (Phi) is 10.2. The van der Waals surface area contributed by atoms with E-state index in [4.69, 9.17) is 0 Å². The van der Waals surface area contributed by atoms with Gasteiger partial charge in [0.25, 0.3) is 0 Å². The first-order valence-electron chi connectivity index (χ1n) is 20.8. The minimum absolute atomic E-state index is 0.177. The molecule has 0 saturated heterocycles. The zero-order valence-corrected chi connectivity index (χ0v) is 33.4. The van der Waals surface area contributed by atoms with E-state index < -0.39 is 0 Å². The molecule has 1 aliphatic carbocycles. The molecule has 0 fully saturated rings. The standard InChI is InChI=1S/C58H44N2/c1-4-15-43(16-5-1)46-31-37-52(38-32-46)59(53-39-33-47(34-40-53)44-17-6-2-7-18-44)54-41-35-48(36-42-54)45-27-29-50(30-28-45)56-24-12-13-25-57(56)60(51-21-8-3-9-22-51)58-26-14-20-49-19-10-11-23-55(49)58/h1-25,27-42,58H,26H2. The van der Waals surface area contributed by atoms with Crippen LogP contribution in [0.4, 0.5) is 28.4 Å². The van der Waals surface area contributed by atoms with E-state index >= 15 is 0 Å². The maximum absolute atomic E-state index is 2.53.